The van der Waals surface area contributed by atoms with Gasteiger partial charge in [-0.15, -0.1) is 0 Å². The van der Waals surface area contributed by atoms with Gasteiger partial charge in [0.25, 0.3) is 11.8 Å². The van der Waals surface area contributed by atoms with Crippen molar-refractivity contribution < 1.29 is 18.4 Å². The number of benzene rings is 1. The predicted octanol–water partition coefficient (Wildman–Crippen LogP) is 4.06. The summed E-state index contributed by atoms with van der Waals surface area (Å²) in [6.45, 7) is 5.59. The first-order valence-electron chi connectivity index (χ1n) is 12.1. The Hall–Kier alpha value is -3.65. The fourth-order valence-corrected chi connectivity index (χ4v) is 4.68. The number of hydrazone groups is 1. The Balaban J connectivity index is 1.21. The van der Waals surface area contributed by atoms with Crippen molar-refractivity contribution in [3.8, 4) is 0 Å². The molecule has 1 aromatic carbocycles. The van der Waals surface area contributed by atoms with Crippen molar-refractivity contribution in [1.82, 2.24) is 15.2 Å². The summed E-state index contributed by atoms with van der Waals surface area (Å²) in [5.74, 6) is 1.54. The Morgan fingerprint density at radius 3 is 2.49 bits per heavy atom. The van der Waals surface area contributed by atoms with Gasteiger partial charge in [0.1, 0.15) is 17.6 Å². The molecule has 1 fully saturated rings. The molecule has 35 heavy (non-hydrogen) atoms. The minimum Gasteiger partial charge on any atom is -0.467 e. The van der Waals surface area contributed by atoms with Crippen LogP contribution < -0.4 is 5.32 Å². The zero-order chi connectivity index (χ0) is 24.4. The molecule has 8 heteroatoms. The van der Waals surface area contributed by atoms with E-state index in [-0.39, 0.29) is 30.4 Å². The van der Waals surface area contributed by atoms with Crippen LogP contribution in [0, 0.1) is 13.8 Å². The van der Waals surface area contributed by atoms with E-state index in [9.17, 15) is 9.59 Å². The summed E-state index contributed by atoms with van der Waals surface area (Å²) in [7, 11) is 0. The first-order chi connectivity index (χ1) is 17.0. The molecule has 4 heterocycles. The number of hydrogen-bond donors (Lipinski definition) is 1. The molecule has 2 aliphatic rings. The number of nitrogens with one attached hydrogen (secondary N) is 1. The van der Waals surface area contributed by atoms with Gasteiger partial charge in [-0.25, -0.2) is 5.01 Å². The standard InChI is InChI=1S/C27H30N4O4/c1-18-5-8-20(9-6-18)22-16-23(24-4-3-15-34-24)31(29-22)26(32)17-30-13-11-21(12-14-30)28-27(33)25-10-7-19(2)35-25/h3-10,15,21,23H,11-14,16-17H2,1-2H3,(H,28,33). The lowest BCUT2D eigenvalue weighted by atomic mass is 10.0. The van der Waals surface area contributed by atoms with Gasteiger partial charge < -0.3 is 14.2 Å². The highest BCUT2D eigenvalue weighted by molar-refractivity contribution is 6.03. The van der Waals surface area contributed by atoms with Gasteiger partial charge in [-0.1, -0.05) is 29.8 Å². The van der Waals surface area contributed by atoms with Crippen molar-refractivity contribution in [2.24, 2.45) is 5.10 Å². The maximum Gasteiger partial charge on any atom is 0.287 e. The van der Waals surface area contributed by atoms with E-state index in [1.165, 1.54) is 5.56 Å². The zero-order valence-electron chi connectivity index (χ0n) is 20.1. The second-order valence-corrected chi connectivity index (χ2v) is 9.32. The number of carbonyl (C=O) groups excluding carboxylic acids is 2. The van der Waals surface area contributed by atoms with Gasteiger partial charge in [-0.2, -0.15) is 5.10 Å². The summed E-state index contributed by atoms with van der Waals surface area (Å²) in [5, 5.41) is 9.35. The summed E-state index contributed by atoms with van der Waals surface area (Å²) in [6, 6.07) is 15.2. The normalized spacial score (nSPS) is 19.1. The minimum atomic E-state index is -0.248. The first-order valence-corrected chi connectivity index (χ1v) is 12.1. The summed E-state index contributed by atoms with van der Waals surface area (Å²) >= 11 is 0. The van der Waals surface area contributed by atoms with Crippen molar-refractivity contribution in [1.29, 1.82) is 0 Å². The molecule has 0 bridgehead atoms. The zero-order valence-corrected chi connectivity index (χ0v) is 20.1. The van der Waals surface area contributed by atoms with Gasteiger partial charge in [-0.3, -0.25) is 14.5 Å². The number of nitrogens with zero attached hydrogens (tertiary/aromatic N) is 3. The topological polar surface area (TPSA) is 91.3 Å². The number of likely N-dealkylation sites (tertiary alicyclic amines) is 1. The molecule has 0 saturated carbocycles. The van der Waals surface area contributed by atoms with Gasteiger partial charge >= 0.3 is 0 Å². The third kappa shape index (κ3) is 5.22. The molecule has 1 atom stereocenters. The largest absolute Gasteiger partial charge is 0.467 e. The van der Waals surface area contributed by atoms with E-state index < -0.39 is 0 Å². The van der Waals surface area contributed by atoms with E-state index in [1.807, 2.05) is 38.1 Å². The molecule has 3 aromatic rings. The summed E-state index contributed by atoms with van der Waals surface area (Å²) < 4.78 is 11.1. The van der Waals surface area contributed by atoms with Gasteiger partial charge in [0.15, 0.2) is 5.76 Å². The van der Waals surface area contributed by atoms with Crippen LogP contribution in [0.2, 0.25) is 0 Å². The lowest BCUT2D eigenvalue weighted by Gasteiger charge is -2.32. The summed E-state index contributed by atoms with van der Waals surface area (Å²) in [5.41, 5.74) is 3.09. The van der Waals surface area contributed by atoms with Gasteiger partial charge in [-0.05, 0) is 56.5 Å². The number of hydrogen-bond acceptors (Lipinski definition) is 6. The van der Waals surface area contributed by atoms with Crippen molar-refractivity contribution in [2.45, 2.75) is 45.2 Å². The molecule has 0 aliphatic carbocycles. The van der Waals surface area contributed by atoms with Crippen LogP contribution in [0.25, 0.3) is 0 Å². The Morgan fingerprint density at radius 2 is 1.83 bits per heavy atom. The molecule has 1 N–H and O–H groups in total. The van der Waals surface area contributed by atoms with Crippen LogP contribution in [0.1, 0.15) is 58.5 Å². The number of aryl methyl sites for hydroxylation is 2. The van der Waals surface area contributed by atoms with E-state index >= 15 is 0 Å². The number of amides is 2. The van der Waals surface area contributed by atoms with Crippen LogP contribution in [-0.2, 0) is 4.79 Å². The Bertz CT molecular complexity index is 1200. The smallest absolute Gasteiger partial charge is 0.287 e. The average Bonchev–Trinajstić information content (AvgIpc) is 3.61. The average molecular weight is 475 g/mol. The Labute approximate surface area is 204 Å². The van der Waals surface area contributed by atoms with Crippen molar-refractivity contribution in [2.75, 3.05) is 19.6 Å². The van der Waals surface area contributed by atoms with Gasteiger partial charge in [0.2, 0.25) is 0 Å². The molecule has 1 unspecified atom stereocenters. The fraction of sp³-hybridized carbons (Fsp3) is 0.370. The number of furan rings is 2. The van der Waals surface area contributed by atoms with E-state index in [4.69, 9.17) is 13.9 Å². The number of piperidine rings is 1. The highest BCUT2D eigenvalue weighted by Crippen LogP contribution is 2.33. The summed E-state index contributed by atoms with van der Waals surface area (Å²) in [4.78, 5) is 27.8. The van der Waals surface area contributed by atoms with E-state index in [0.717, 1.165) is 43.0 Å². The molecule has 8 nitrogen and oxygen atoms in total. The molecule has 5 rings (SSSR count). The van der Waals surface area contributed by atoms with Gasteiger partial charge in [0, 0.05) is 25.6 Å². The first kappa shape index (κ1) is 23.1. The van der Waals surface area contributed by atoms with Crippen LogP contribution in [0.4, 0.5) is 0 Å². The van der Waals surface area contributed by atoms with E-state index in [2.05, 4.69) is 22.3 Å². The third-order valence-corrected chi connectivity index (χ3v) is 6.67. The quantitative estimate of drug-likeness (QED) is 0.582. The van der Waals surface area contributed by atoms with Crippen LogP contribution in [-0.4, -0.2) is 53.1 Å². The lowest BCUT2D eigenvalue weighted by Crippen LogP contribution is -2.47. The second kappa shape index (κ2) is 9.92. The SMILES string of the molecule is Cc1ccc(C2=NN(C(=O)CN3CCC(NC(=O)c4ccc(C)o4)CC3)C(c3ccco3)C2)cc1. The molecular formula is C27H30N4O4. The van der Waals surface area contributed by atoms with Crippen molar-refractivity contribution >= 4 is 17.5 Å². The third-order valence-electron chi connectivity index (χ3n) is 6.67. The van der Waals surface area contributed by atoms with Gasteiger partial charge in [0.05, 0.1) is 18.5 Å². The van der Waals surface area contributed by atoms with E-state index in [1.54, 1.807) is 23.4 Å². The van der Waals surface area contributed by atoms with Crippen LogP contribution in [0.5, 0.6) is 0 Å². The van der Waals surface area contributed by atoms with E-state index in [0.29, 0.717) is 17.9 Å². The maximum absolute atomic E-state index is 13.4. The Kier molecular flexibility index (Phi) is 6.55. The number of carbonyl (C=O) groups is 2. The molecule has 2 amide bonds. The van der Waals surface area contributed by atoms with Crippen molar-refractivity contribution in [3.05, 3.63) is 83.2 Å². The lowest BCUT2D eigenvalue weighted by molar-refractivity contribution is -0.134. The molecule has 182 valence electrons. The Morgan fingerprint density at radius 1 is 1.06 bits per heavy atom. The van der Waals surface area contributed by atoms with Crippen molar-refractivity contribution in [3.63, 3.8) is 0 Å². The predicted molar refractivity (Wildman–Crippen MR) is 131 cm³/mol. The fourth-order valence-electron chi connectivity index (χ4n) is 4.68. The highest BCUT2D eigenvalue weighted by Gasteiger charge is 2.36. The summed E-state index contributed by atoms with van der Waals surface area (Å²) in [6.07, 6.45) is 3.80. The minimum absolute atomic E-state index is 0.0536. The molecule has 0 spiro atoms. The monoisotopic (exact) mass is 474 g/mol. The molecule has 2 aliphatic heterocycles. The maximum atomic E-state index is 13.4. The number of rotatable bonds is 6. The molecular weight excluding hydrogens is 444 g/mol. The highest BCUT2D eigenvalue weighted by atomic mass is 16.3. The molecule has 2 aromatic heterocycles. The van der Waals surface area contributed by atoms with Crippen LogP contribution in [0.3, 0.4) is 0 Å². The molecule has 0 radical (unpaired) electrons. The van der Waals surface area contributed by atoms with Crippen LogP contribution in [0.15, 0.2) is 68.7 Å². The van der Waals surface area contributed by atoms with Crippen LogP contribution >= 0.6 is 0 Å². The second-order valence-electron chi connectivity index (χ2n) is 9.32. The molecule has 1 saturated heterocycles.